The predicted molar refractivity (Wildman–Crippen MR) is 74.1 cm³/mol. The van der Waals surface area contributed by atoms with Gasteiger partial charge in [-0.1, -0.05) is 24.3 Å². The summed E-state index contributed by atoms with van der Waals surface area (Å²) in [6.07, 6.45) is -2.49. The Morgan fingerprint density at radius 1 is 1.05 bits per heavy atom. The highest BCUT2D eigenvalue weighted by atomic mass is 19.4. The third-order valence-corrected chi connectivity index (χ3v) is 3.27. The van der Waals surface area contributed by atoms with Crippen molar-refractivity contribution in [3.05, 3.63) is 59.9 Å². The number of pyridine rings is 1. The molecule has 6 heteroatoms. The summed E-state index contributed by atoms with van der Waals surface area (Å²) in [5.74, 6) is 0. The zero-order valence-electron chi connectivity index (χ0n) is 11.6. The van der Waals surface area contributed by atoms with Gasteiger partial charge in [0.05, 0.1) is 0 Å². The van der Waals surface area contributed by atoms with E-state index >= 15 is 0 Å². The van der Waals surface area contributed by atoms with Crippen molar-refractivity contribution in [1.82, 2.24) is 4.98 Å². The molecule has 0 radical (unpaired) electrons. The van der Waals surface area contributed by atoms with E-state index in [1.165, 1.54) is 41.4 Å². The van der Waals surface area contributed by atoms with Crippen LogP contribution in [0.4, 0.5) is 18.9 Å². The first-order valence-electron chi connectivity index (χ1n) is 6.25. The second kappa shape index (κ2) is 5.37. The van der Waals surface area contributed by atoms with Gasteiger partial charge in [-0.15, -0.1) is 0 Å². The lowest BCUT2D eigenvalue weighted by atomic mass is 9.85. The maximum Gasteiger partial charge on any atom is 0.425 e. The van der Waals surface area contributed by atoms with E-state index in [4.69, 9.17) is 0 Å². The van der Waals surface area contributed by atoms with Gasteiger partial charge in [-0.3, -0.25) is 4.98 Å². The van der Waals surface area contributed by atoms with Gasteiger partial charge in [-0.2, -0.15) is 13.2 Å². The van der Waals surface area contributed by atoms with Crippen molar-refractivity contribution in [2.45, 2.75) is 11.8 Å². The van der Waals surface area contributed by atoms with Gasteiger partial charge in [0.25, 0.3) is 0 Å². The van der Waals surface area contributed by atoms with E-state index in [2.05, 4.69) is 4.98 Å². The minimum Gasteiger partial charge on any atom is -0.377 e. The summed E-state index contributed by atoms with van der Waals surface area (Å²) in [6.45, 7) is 0. The molecule has 2 aromatic rings. The third kappa shape index (κ3) is 2.58. The van der Waals surface area contributed by atoms with Crippen LogP contribution >= 0.6 is 0 Å². The lowest BCUT2D eigenvalue weighted by Crippen LogP contribution is -2.44. The van der Waals surface area contributed by atoms with E-state index in [0.29, 0.717) is 5.69 Å². The number of anilines is 1. The fourth-order valence-corrected chi connectivity index (χ4v) is 2.22. The number of rotatable bonds is 3. The molecule has 0 aliphatic heterocycles. The summed E-state index contributed by atoms with van der Waals surface area (Å²) < 4.78 is 40.9. The predicted octanol–water partition coefficient (Wildman–Crippen LogP) is 2.95. The molecular formula is C15H15F3N2O. The topological polar surface area (TPSA) is 36.4 Å². The van der Waals surface area contributed by atoms with Crippen molar-refractivity contribution in [1.29, 1.82) is 0 Å². The van der Waals surface area contributed by atoms with Crippen LogP contribution in [0, 0.1) is 0 Å². The first-order chi connectivity index (χ1) is 9.78. The lowest BCUT2D eigenvalue weighted by Gasteiger charge is -2.34. The second-order valence-corrected chi connectivity index (χ2v) is 4.86. The molecule has 0 bridgehead atoms. The normalized spacial score (nSPS) is 14.6. The number of aliphatic hydroxyl groups is 1. The Bertz CT molecular complexity index is 614. The maximum absolute atomic E-state index is 13.6. The Morgan fingerprint density at radius 3 is 2.24 bits per heavy atom. The molecule has 3 nitrogen and oxygen atoms in total. The number of nitrogens with zero attached hydrogens (tertiary/aromatic N) is 2. The summed E-state index contributed by atoms with van der Waals surface area (Å²) in [7, 11) is 3.25. The van der Waals surface area contributed by atoms with Gasteiger partial charge in [0.1, 0.15) is 0 Å². The first kappa shape index (κ1) is 15.3. The Hall–Kier alpha value is -2.08. The number of hydrogen-bond acceptors (Lipinski definition) is 3. The molecule has 0 saturated carbocycles. The van der Waals surface area contributed by atoms with E-state index in [9.17, 15) is 18.3 Å². The van der Waals surface area contributed by atoms with Crippen LogP contribution in [0.15, 0.2) is 48.8 Å². The fraction of sp³-hybridized carbons (Fsp3) is 0.267. The van der Waals surface area contributed by atoms with Crippen molar-refractivity contribution >= 4 is 5.69 Å². The smallest absolute Gasteiger partial charge is 0.377 e. The Kier molecular flexibility index (Phi) is 3.91. The minimum absolute atomic E-state index is 0.226. The van der Waals surface area contributed by atoms with Crippen molar-refractivity contribution in [3.63, 3.8) is 0 Å². The molecule has 1 aromatic carbocycles. The Balaban J connectivity index is 2.74. The minimum atomic E-state index is -4.87. The lowest BCUT2D eigenvalue weighted by molar-refractivity contribution is -0.248. The van der Waals surface area contributed by atoms with Crippen LogP contribution in [-0.2, 0) is 5.60 Å². The fourth-order valence-electron chi connectivity index (χ4n) is 2.22. The number of halogens is 3. The van der Waals surface area contributed by atoms with Crippen molar-refractivity contribution in [3.8, 4) is 0 Å². The largest absolute Gasteiger partial charge is 0.425 e. The summed E-state index contributed by atoms with van der Waals surface area (Å²) >= 11 is 0. The number of hydrogen-bond donors (Lipinski definition) is 1. The van der Waals surface area contributed by atoms with Crippen LogP contribution in [0.2, 0.25) is 0 Å². The zero-order chi connectivity index (χ0) is 15.7. The van der Waals surface area contributed by atoms with Gasteiger partial charge in [-0.05, 0) is 12.1 Å². The van der Waals surface area contributed by atoms with Gasteiger partial charge < -0.3 is 10.0 Å². The van der Waals surface area contributed by atoms with Crippen LogP contribution in [-0.4, -0.2) is 30.4 Å². The van der Waals surface area contributed by atoms with E-state index in [0.717, 1.165) is 6.20 Å². The average molecular weight is 296 g/mol. The number of benzene rings is 1. The molecule has 1 heterocycles. The van der Waals surface area contributed by atoms with E-state index in [1.807, 2.05) is 0 Å². The summed E-state index contributed by atoms with van der Waals surface area (Å²) in [5.41, 5.74) is -3.36. The van der Waals surface area contributed by atoms with E-state index in [1.54, 1.807) is 20.2 Å². The van der Waals surface area contributed by atoms with Crippen LogP contribution < -0.4 is 4.90 Å². The SMILES string of the molecule is CN(C)c1ccccc1C(O)(c1cccnc1)C(F)(F)F. The summed E-state index contributed by atoms with van der Waals surface area (Å²) in [6, 6.07) is 8.48. The molecule has 1 N–H and O–H groups in total. The van der Waals surface area contributed by atoms with E-state index in [-0.39, 0.29) is 11.1 Å². The molecule has 0 amide bonds. The monoisotopic (exact) mass is 296 g/mol. The molecular weight excluding hydrogens is 281 g/mol. The molecule has 0 saturated heterocycles. The molecule has 1 aromatic heterocycles. The van der Waals surface area contributed by atoms with E-state index < -0.39 is 11.8 Å². The van der Waals surface area contributed by atoms with Gasteiger partial charge in [0.15, 0.2) is 0 Å². The van der Waals surface area contributed by atoms with Crippen LogP contribution in [0.3, 0.4) is 0 Å². The second-order valence-electron chi connectivity index (χ2n) is 4.86. The molecule has 1 unspecified atom stereocenters. The molecule has 2 rings (SSSR count). The quantitative estimate of drug-likeness (QED) is 0.946. The third-order valence-electron chi connectivity index (χ3n) is 3.27. The summed E-state index contributed by atoms with van der Waals surface area (Å²) in [4.78, 5) is 5.22. The highest BCUT2D eigenvalue weighted by Crippen LogP contribution is 2.46. The zero-order valence-corrected chi connectivity index (χ0v) is 11.6. The van der Waals surface area contributed by atoms with Crippen molar-refractivity contribution in [2.24, 2.45) is 0 Å². The molecule has 0 spiro atoms. The molecule has 0 fully saturated rings. The van der Waals surface area contributed by atoms with Gasteiger partial charge >= 0.3 is 6.18 Å². The summed E-state index contributed by atoms with van der Waals surface area (Å²) in [5, 5.41) is 10.5. The van der Waals surface area contributed by atoms with Gasteiger partial charge in [0, 0.05) is 43.3 Å². The van der Waals surface area contributed by atoms with Gasteiger partial charge in [0.2, 0.25) is 5.60 Å². The number of para-hydroxylation sites is 1. The van der Waals surface area contributed by atoms with Crippen LogP contribution in [0.1, 0.15) is 11.1 Å². The molecule has 1 atom stereocenters. The molecule has 0 aliphatic rings. The first-order valence-corrected chi connectivity index (χ1v) is 6.25. The Morgan fingerprint density at radius 2 is 1.71 bits per heavy atom. The number of alkyl halides is 3. The van der Waals surface area contributed by atoms with Crippen molar-refractivity contribution < 1.29 is 18.3 Å². The van der Waals surface area contributed by atoms with Crippen LogP contribution in [0.25, 0.3) is 0 Å². The van der Waals surface area contributed by atoms with Gasteiger partial charge in [-0.25, -0.2) is 0 Å². The molecule has 112 valence electrons. The Labute approximate surface area is 120 Å². The van der Waals surface area contributed by atoms with Crippen LogP contribution in [0.5, 0.6) is 0 Å². The number of aromatic nitrogens is 1. The average Bonchev–Trinajstić information content (AvgIpc) is 2.46. The standard InChI is InChI=1S/C15H15F3N2O/c1-20(2)13-8-4-3-7-12(13)14(21,15(16,17)18)11-6-5-9-19-10-11/h3-10,21H,1-2H3. The molecule has 21 heavy (non-hydrogen) atoms. The highest BCUT2D eigenvalue weighted by Gasteiger charge is 2.57. The highest BCUT2D eigenvalue weighted by molar-refractivity contribution is 5.58. The maximum atomic E-state index is 13.6. The molecule has 0 aliphatic carbocycles. The van der Waals surface area contributed by atoms with Crippen molar-refractivity contribution in [2.75, 3.05) is 19.0 Å².